The highest BCUT2D eigenvalue weighted by atomic mass is 19.1. The fraction of sp³-hybridized carbons (Fsp3) is 0.571. The molecular weight excluding hydrogens is 245 g/mol. The van der Waals surface area contributed by atoms with Gasteiger partial charge in [-0.05, 0) is 30.7 Å². The van der Waals surface area contributed by atoms with Crippen LogP contribution < -0.4 is 10.6 Å². The lowest BCUT2D eigenvalue weighted by Gasteiger charge is -2.10. The third kappa shape index (κ3) is 3.22. The van der Waals surface area contributed by atoms with Crippen LogP contribution in [0.15, 0.2) is 12.3 Å². The lowest BCUT2D eigenvalue weighted by molar-refractivity contribution is 0.0950. The second-order valence-electron chi connectivity index (χ2n) is 5.68. The molecule has 1 aliphatic carbocycles. The van der Waals surface area contributed by atoms with Gasteiger partial charge < -0.3 is 10.6 Å². The summed E-state index contributed by atoms with van der Waals surface area (Å²) in [7, 11) is 0. The SMILES string of the molecule is CCNc1ncc(F)cc1C(=O)NCC1CC1(C)C. The van der Waals surface area contributed by atoms with E-state index < -0.39 is 5.82 Å². The lowest BCUT2D eigenvalue weighted by Crippen LogP contribution is -2.27. The molecule has 0 aromatic carbocycles. The Bertz CT molecular complexity index is 488. The third-order valence-corrected chi connectivity index (χ3v) is 3.67. The molecule has 1 atom stereocenters. The molecule has 104 valence electrons. The van der Waals surface area contributed by atoms with E-state index in [1.54, 1.807) is 0 Å². The molecule has 19 heavy (non-hydrogen) atoms. The lowest BCUT2D eigenvalue weighted by atomic mass is 10.1. The Morgan fingerprint density at radius 3 is 2.84 bits per heavy atom. The molecule has 2 N–H and O–H groups in total. The topological polar surface area (TPSA) is 54.0 Å². The van der Waals surface area contributed by atoms with Crippen LogP contribution in [-0.2, 0) is 0 Å². The van der Waals surface area contributed by atoms with Crippen molar-refractivity contribution < 1.29 is 9.18 Å². The van der Waals surface area contributed by atoms with Crippen LogP contribution >= 0.6 is 0 Å². The van der Waals surface area contributed by atoms with Crippen molar-refractivity contribution in [3.63, 3.8) is 0 Å². The van der Waals surface area contributed by atoms with E-state index in [1.165, 1.54) is 6.07 Å². The molecule has 2 rings (SSSR count). The molecule has 1 heterocycles. The van der Waals surface area contributed by atoms with Crippen LogP contribution in [0, 0.1) is 17.2 Å². The van der Waals surface area contributed by atoms with E-state index in [2.05, 4.69) is 29.5 Å². The van der Waals surface area contributed by atoms with Crippen molar-refractivity contribution in [3.05, 3.63) is 23.6 Å². The Kier molecular flexibility index (Phi) is 3.73. The largest absolute Gasteiger partial charge is 0.370 e. The smallest absolute Gasteiger partial charge is 0.255 e. The highest BCUT2D eigenvalue weighted by Crippen LogP contribution is 2.50. The van der Waals surface area contributed by atoms with E-state index >= 15 is 0 Å². The van der Waals surface area contributed by atoms with E-state index in [4.69, 9.17) is 0 Å². The monoisotopic (exact) mass is 265 g/mol. The third-order valence-electron chi connectivity index (χ3n) is 3.67. The van der Waals surface area contributed by atoms with E-state index in [1.807, 2.05) is 6.92 Å². The summed E-state index contributed by atoms with van der Waals surface area (Å²) in [6, 6.07) is 1.22. The molecule has 1 aromatic rings. The van der Waals surface area contributed by atoms with Crippen LogP contribution in [0.5, 0.6) is 0 Å². The van der Waals surface area contributed by atoms with Crippen molar-refractivity contribution in [2.75, 3.05) is 18.4 Å². The zero-order valence-corrected chi connectivity index (χ0v) is 11.6. The van der Waals surface area contributed by atoms with Crippen LogP contribution in [0.25, 0.3) is 0 Å². The van der Waals surface area contributed by atoms with Gasteiger partial charge in [-0.15, -0.1) is 0 Å². The second-order valence-corrected chi connectivity index (χ2v) is 5.68. The molecule has 0 aliphatic heterocycles. The maximum Gasteiger partial charge on any atom is 0.255 e. The Labute approximate surface area is 112 Å². The molecule has 1 saturated carbocycles. The van der Waals surface area contributed by atoms with Crippen LogP contribution in [0.4, 0.5) is 10.2 Å². The van der Waals surface area contributed by atoms with Gasteiger partial charge in [-0.3, -0.25) is 4.79 Å². The quantitative estimate of drug-likeness (QED) is 0.859. The summed E-state index contributed by atoms with van der Waals surface area (Å²) in [5.74, 6) is 0.168. The first-order valence-electron chi connectivity index (χ1n) is 6.61. The minimum Gasteiger partial charge on any atom is -0.370 e. The fourth-order valence-corrected chi connectivity index (χ4v) is 2.16. The van der Waals surface area contributed by atoms with Gasteiger partial charge in [0.15, 0.2) is 0 Å². The molecule has 1 aliphatic rings. The number of anilines is 1. The first kappa shape index (κ1) is 13.8. The fourth-order valence-electron chi connectivity index (χ4n) is 2.16. The maximum atomic E-state index is 13.2. The van der Waals surface area contributed by atoms with Crippen LogP contribution in [0.3, 0.4) is 0 Å². The van der Waals surface area contributed by atoms with Gasteiger partial charge in [0.2, 0.25) is 0 Å². The molecule has 5 heteroatoms. The van der Waals surface area contributed by atoms with Crippen molar-refractivity contribution in [3.8, 4) is 0 Å². The number of pyridine rings is 1. The van der Waals surface area contributed by atoms with E-state index in [0.29, 0.717) is 30.2 Å². The highest BCUT2D eigenvalue weighted by molar-refractivity contribution is 5.98. The Morgan fingerprint density at radius 2 is 2.26 bits per heavy atom. The van der Waals surface area contributed by atoms with Crippen molar-refractivity contribution in [2.24, 2.45) is 11.3 Å². The predicted octanol–water partition coefficient (Wildman–Crippen LogP) is 2.43. The highest BCUT2D eigenvalue weighted by Gasteiger charge is 2.45. The van der Waals surface area contributed by atoms with Crippen molar-refractivity contribution in [1.29, 1.82) is 0 Å². The summed E-state index contributed by atoms with van der Waals surface area (Å²) in [4.78, 5) is 16.0. The number of nitrogens with one attached hydrogen (secondary N) is 2. The van der Waals surface area contributed by atoms with Gasteiger partial charge in [-0.25, -0.2) is 9.37 Å². The first-order chi connectivity index (χ1) is 8.94. The van der Waals surface area contributed by atoms with E-state index in [-0.39, 0.29) is 11.5 Å². The summed E-state index contributed by atoms with van der Waals surface area (Å²) in [6.07, 6.45) is 2.23. The zero-order chi connectivity index (χ0) is 14.0. The van der Waals surface area contributed by atoms with Gasteiger partial charge >= 0.3 is 0 Å². The Morgan fingerprint density at radius 1 is 1.58 bits per heavy atom. The first-order valence-corrected chi connectivity index (χ1v) is 6.61. The van der Waals surface area contributed by atoms with Gasteiger partial charge in [0, 0.05) is 13.1 Å². The standard InChI is InChI=1S/C14H20FN3O/c1-4-16-12-11(5-10(15)8-17-12)13(19)18-7-9-6-14(9,2)3/h5,8-9H,4,6-7H2,1-3H3,(H,16,17)(H,18,19). The molecule has 0 saturated heterocycles. The normalized spacial score (nSPS) is 19.9. The number of amides is 1. The van der Waals surface area contributed by atoms with E-state index in [0.717, 1.165) is 12.6 Å². The van der Waals surface area contributed by atoms with Crippen LogP contribution in [0.1, 0.15) is 37.6 Å². The molecule has 1 aromatic heterocycles. The number of carbonyl (C=O) groups is 1. The summed E-state index contributed by atoms with van der Waals surface area (Å²) < 4.78 is 13.2. The molecule has 0 bridgehead atoms. The molecule has 0 spiro atoms. The van der Waals surface area contributed by atoms with Crippen molar-refractivity contribution in [1.82, 2.24) is 10.3 Å². The summed E-state index contributed by atoms with van der Waals surface area (Å²) in [5, 5.41) is 5.82. The minimum atomic E-state index is -0.501. The van der Waals surface area contributed by atoms with Gasteiger partial charge in [-0.2, -0.15) is 0 Å². The number of hydrogen-bond donors (Lipinski definition) is 2. The predicted molar refractivity (Wildman–Crippen MR) is 72.6 cm³/mol. The maximum absolute atomic E-state index is 13.2. The number of hydrogen-bond acceptors (Lipinski definition) is 3. The Balaban J connectivity index is 2.03. The van der Waals surface area contributed by atoms with Crippen molar-refractivity contribution >= 4 is 11.7 Å². The number of aromatic nitrogens is 1. The summed E-state index contributed by atoms with van der Waals surface area (Å²) >= 11 is 0. The van der Waals surface area contributed by atoms with E-state index in [9.17, 15) is 9.18 Å². The molecular formula is C14H20FN3O. The number of carbonyl (C=O) groups excluding carboxylic acids is 1. The van der Waals surface area contributed by atoms with Crippen molar-refractivity contribution in [2.45, 2.75) is 27.2 Å². The average Bonchev–Trinajstić information content (AvgIpc) is 2.96. The number of rotatable bonds is 5. The second kappa shape index (κ2) is 5.15. The molecule has 1 fully saturated rings. The van der Waals surface area contributed by atoms with Gasteiger partial charge in [0.25, 0.3) is 5.91 Å². The van der Waals surface area contributed by atoms with Gasteiger partial charge in [0.05, 0.1) is 11.8 Å². The average molecular weight is 265 g/mol. The summed E-state index contributed by atoms with van der Waals surface area (Å²) in [5.41, 5.74) is 0.582. The Hall–Kier alpha value is -1.65. The van der Waals surface area contributed by atoms with Gasteiger partial charge in [-0.1, -0.05) is 13.8 Å². The molecule has 1 unspecified atom stereocenters. The molecule has 1 amide bonds. The minimum absolute atomic E-state index is 0.264. The number of halogens is 1. The van der Waals surface area contributed by atoms with Crippen LogP contribution in [-0.4, -0.2) is 24.0 Å². The summed E-state index contributed by atoms with van der Waals surface area (Å²) in [6.45, 7) is 7.52. The molecule has 4 nitrogen and oxygen atoms in total. The molecule has 0 radical (unpaired) electrons. The zero-order valence-electron chi connectivity index (χ0n) is 11.6. The number of nitrogens with zero attached hydrogens (tertiary/aromatic N) is 1. The van der Waals surface area contributed by atoms with Gasteiger partial charge in [0.1, 0.15) is 11.6 Å². The van der Waals surface area contributed by atoms with Crippen LogP contribution in [0.2, 0.25) is 0 Å².